The largest absolute Gasteiger partial charge is 0.396 e. The summed E-state index contributed by atoms with van der Waals surface area (Å²) >= 11 is 0. The topological polar surface area (TPSA) is 56.7 Å². The molecule has 27 heavy (non-hydrogen) atoms. The molecule has 0 radical (unpaired) electrons. The summed E-state index contributed by atoms with van der Waals surface area (Å²) in [7, 11) is 0. The van der Waals surface area contributed by atoms with E-state index in [1.807, 2.05) is 11.8 Å². The molecule has 3 rings (SSSR count). The van der Waals surface area contributed by atoms with E-state index in [1.54, 1.807) is 12.1 Å². The molecule has 1 fully saturated rings. The van der Waals surface area contributed by atoms with Gasteiger partial charge in [0.25, 0.3) is 5.91 Å². The number of rotatable bonds is 5. The fraction of sp³-hybridized carbons (Fsp3) is 0.524. The minimum Gasteiger partial charge on any atom is -0.396 e. The maximum absolute atomic E-state index is 13.8. The molecule has 5 nitrogen and oxygen atoms in total. The Hall–Kier alpha value is -2.05. The number of halogens is 1. The van der Waals surface area contributed by atoms with E-state index in [0.717, 1.165) is 18.8 Å². The van der Waals surface area contributed by atoms with Crippen LogP contribution < -0.4 is 0 Å². The number of hydrogen-bond donors (Lipinski definition) is 1. The number of aliphatic hydroxyl groups excluding tert-OH is 1. The summed E-state index contributed by atoms with van der Waals surface area (Å²) < 4.78 is 13.8. The summed E-state index contributed by atoms with van der Waals surface area (Å²) in [5, 5.41) is 9.99. The number of piperazine rings is 1. The Labute approximate surface area is 159 Å². The fourth-order valence-electron chi connectivity index (χ4n) is 3.89. The Bertz CT molecular complexity index is 824. The van der Waals surface area contributed by atoms with Gasteiger partial charge in [-0.25, -0.2) is 4.39 Å². The number of fused-ring (bicyclic) bond motifs is 1. The summed E-state index contributed by atoms with van der Waals surface area (Å²) in [5.41, 5.74) is 1.87. The predicted octanol–water partition coefficient (Wildman–Crippen LogP) is 2.85. The number of nitrogens with zero attached hydrogens (tertiary/aromatic N) is 3. The number of aliphatic hydroxyl groups is 1. The van der Waals surface area contributed by atoms with Crippen LogP contribution >= 0.6 is 0 Å². The molecule has 0 spiro atoms. The Balaban J connectivity index is 1.88. The van der Waals surface area contributed by atoms with Crippen molar-refractivity contribution in [3.8, 4) is 0 Å². The first-order chi connectivity index (χ1) is 12.9. The lowest BCUT2D eigenvalue weighted by atomic mass is 10.0. The molecule has 0 aliphatic carbocycles. The molecule has 1 aliphatic rings. The van der Waals surface area contributed by atoms with E-state index in [0.29, 0.717) is 41.9 Å². The predicted molar refractivity (Wildman–Crippen MR) is 104 cm³/mol. The Morgan fingerprint density at radius 2 is 2.11 bits per heavy atom. The first-order valence-corrected chi connectivity index (χ1v) is 9.60. The van der Waals surface area contributed by atoms with Crippen molar-refractivity contribution in [1.82, 2.24) is 14.8 Å². The van der Waals surface area contributed by atoms with Gasteiger partial charge in [0.2, 0.25) is 0 Å². The minimum atomic E-state index is -0.373. The number of hydrogen-bond acceptors (Lipinski definition) is 4. The molecule has 0 bridgehead atoms. The third kappa shape index (κ3) is 4.45. The molecule has 1 amide bonds. The van der Waals surface area contributed by atoms with Crippen LogP contribution in [0.15, 0.2) is 24.3 Å². The molecule has 2 heterocycles. The summed E-state index contributed by atoms with van der Waals surface area (Å²) in [5.74, 6) is 0.0635. The second-order valence-electron chi connectivity index (χ2n) is 7.78. The van der Waals surface area contributed by atoms with E-state index in [4.69, 9.17) is 0 Å². The monoisotopic (exact) mass is 373 g/mol. The highest BCUT2D eigenvalue weighted by atomic mass is 19.1. The van der Waals surface area contributed by atoms with E-state index in [9.17, 15) is 14.3 Å². The first kappa shape index (κ1) is 19.7. The zero-order valence-corrected chi connectivity index (χ0v) is 16.3. The molecule has 2 aromatic rings. The van der Waals surface area contributed by atoms with Crippen molar-refractivity contribution in [3.05, 3.63) is 41.3 Å². The van der Waals surface area contributed by atoms with Gasteiger partial charge in [0.05, 0.1) is 11.1 Å². The number of pyridine rings is 1. The van der Waals surface area contributed by atoms with Gasteiger partial charge in [0.15, 0.2) is 0 Å². The smallest absolute Gasteiger partial charge is 0.254 e. The maximum atomic E-state index is 13.8. The Morgan fingerprint density at radius 3 is 2.81 bits per heavy atom. The number of carbonyl (C=O) groups is 1. The van der Waals surface area contributed by atoms with Crippen LogP contribution in [-0.4, -0.2) is 64.6 Å². The van der Waals surface area contributed by atoms with Gasteiger partial charge in [-0.1, -0.05) is 13.8 Å². The zero-order chi connectivity index (χ0) is 19.6. The summed E-state index contributed by atoms with van der Waals surface area (Å²) in [6.07, 6.45) is 0.640. The normalized spacial score (nSPS) is 18.4. The molecule has 146 valence electrons. The second kappa shape index (κ2) is 8.31. The third-order valence-corrected chi connectivity index (χ3v) is 5.08. The van der Waals surface area contributed by atoms with E-state index in [2.05, 4.69) is 23.7 Å². The van der Waals surface area contributed by atoms with Crippen LogP contribution in [0.4, 0.5) is 4.39 Å². The van der Waals surface area contributed by atoms with Gasteiger partial charge in [-0.2, -0.15) is 0 Å². The zero-order valence-electron chi connectivity index (χ0n) is 16.3. The molecular formula is C21H28FN3O2. The van der Waals surface area contributed by atoms with Crippen LogP contribution in [0.2, 0.25) is 0 Å². The lowest BCUT2D eigenvalue weighted by molar-refractivity contribution is 0.0386. The van der Waals surface area contributed by atoms with Gasteiger partial charge in [0.1, 0.15) is 5.82 Å². The van der Waals surface area contributed by atoms with Gasteiger partial charge in [0, 0.05) is 49.9 Å². The van der Waals surface area contributed by atoms with Gasteiger partial charge < -0.3 is 10.0 Å². The molecule has 1 aromatic heterocycles. The number of amides is 1. The lowest BCUT2D eigenvalue weighted by Crippen LogP contribution is -2.55. The van der Waals surface area contributed by atoms with Crippen molar-refractivity contribution >= 4 is 16.8 Å². The highest BCUT2D eigenvalue weighted by Gasteiger charge is 2.30. The Kier molecular flexibility index (Phi) is 6.07. The van der Waals surface area contributed by atoms with Gasteiger partial charge in [-0.15, -0.1) is 0 Å². The average Bonchev–Trinajstić information content (AvgIpc) is 2.62. The Morgan fingerprint density at radius 1 is 1.33 bits per heavy atom. The van der Waals surface area contributed by atoms with Crippen molar-refractivity contribution in [1.29, 1.82) is 0 Å². The molecule has 6 heteroatoms. The highest BCUT2D eigenvalue weighted by molar-refractivity contribution is 6.06. The quantitative estimate of drug-likeness (QED) is 0.876. The van der Waals surface area contributed by atoms with E-state index < -0.39 is 0 Å². The molecule has 1 aliphatic heterocycles. The van der Waals surface area contributed by atoms with Crippen LogP contribution in [-0.2, 0) is 0 Å². The second-order valence-corrected chi connectivity index (χ2v) is 7.78. The molecule has 1 saturated heterocycles. The lowest BCUT2D eigenvalue weighted by Gasteiger charge is -2.42. The molecule has 1 N–H and O–H groups in total. The maximum Gasteiger partial charge on any atom is 0.254 e. The van der Waals surface area contributed by atoms with Gasteiger partial charge >= 0.3 is 0 Å². The third-order valence-electron chi connectivity index (χ3n) is 5.08. The van der Waals surface area contributed by atoms with Crippen molar-refractivity contribution in [2.75, 3.05) is 32.8 Å². The average molecular weight is 373 g/mol. The summed E-state index contributed by atoms with van der Waals surface area (Å²) in [6, 6.07) is 6.25. The molecule has 1 atom stereocenters. The van der Waals surface area contributed by atoms with Crippen LogP contribution in [0.25, 0.3) is 10.9 Å². The van der Waals surface area contributed by atoms with Crippen LogP contribution in [0.1, 0.15) is 36.3 Å². The number of carbonyl (C=O) groups excluding carboxylic acids is 1. The first-order valence-electron chi connectivity index (χ1n) is 9.60. The van der Waals surface area contributed by atoms with Crippen LogP contribution in [0, 0.1) is 18.7 Å². The van der Waals surface area contributed by atoms with Crippen LogP contribution in [0.5, 0.6) is 0 Å². The van der Waals surface area contributed by atoms with E-state index >= 15 is 0 Å². The number of aryl methyl sites for hydroxylation is 1. The van der Waals surface area contributed by atoms with E-state index in [-0.39, 0.29) is 24.4 Å². The molecular weight excluding hydrogens is 345 g/mol. The van der Waals surface area contributed by atoms with Crippen molar-refractivity contribution in [2.24, 2.45) is 5.92 Å². The standard InChI is InChI=1S/C21H28FN3O2/c1-14(2)12-24-7-8-25(13-17(24)6-9-26)21(27)19-10-15(3)23-20-5-4-16(22)11-18(19)20/h4-5,10-11,14,17,26H,6-9,12-13H2,1-3H3. The minimum absolute atomic E-state index is 0.0942. The van der Waals surface area contributed by atoms with Gasteiger partial charge in [-0.05, 0) is 43.5 Å². The van der Waals surface area contributed by atoms with Crippen molar-refractivity contribution in [2.45, 2.75) is 33.2 Å². The fourth-order valence-corrected chi connectivity index (χ4v) is 3.89. The SMILES string of the molecule is Cc1cc(C(=O)N2CCN(CC(C)C)C(CCO)C2)c2cc(F)ccc2n1. The summed E-state index contributed by atoms with van der Waals surface area (Å²) in [4.78, 5) is 21.9. The summed E-state index contributed by atoms with van der Waals surface area (Å²) in [6.45, 7) is 9.23. The molecule has 1 unspecified atom stereocenters. The molecule has 1 aromatic carbocycles. The van der Waals surface area contributed by atoms with Crippen LogP contribution in [0.3, 0.4) is 0 Å². The van der Waals surface area contributed by atoms with Crippen molar-refractivity contribution < 1.29 is 14.3 Å². The number of benzene rings is 1. The number of aromatic nitrogens is 1. The van der Waals surface area contributed by atoms with E-state index in [1.165, 1.54) is 12.1 Å². The highest BCUT2D eigenvalue weighted by Crippen LogP contribution is 2.23. The van der Waals surface area contributed by atoms with Crippen molar-refractivity contribution in [3.63, 3.8) is 0 Å². The van der Waals surface area contributed by atoms with Gasteiger partial charge in [-0.3, -0.25) is 14.7 Å². The molecule has 0 saturated carbocycles.